The van der Waals surface area contributed by atoms with E-state index in [1.54, 1.807) is 0 Å². The average Bonchev–Trinajstić information content (AvgIpc) is 2.20. The van der Waals surface area contributed by atoms with Gasteiger partial charge in [0.2, 0.25) is 0 Å². The van der Waals surface area contributed by atoms with Crippen molar-refractivity contribution < 1.29 is 4.43 Å². The third kappa shape index (κ3) is 5.81. The third-order valence-electron chi connectivity index (χ3n) is 2.19. The molecule has 0 rings (SSSR count). The van der Waals surface area contributed by atoms with E-state index in [1.807, 2.05) is 6.08 Å². The van der Waals surface area contributed by atoms with Gasteiger partial charge in [0.25, 0.3) is 0 Å². The first kappa shape index (κ1) is 15.0. The maximum atomic E-state index is 6.14. The molecule has 0 aromatic rings. The predicted molar refractivity (Wildman–Crippen MR) is 73.5 cm³/mol. The van der Waals surface area contributed by atoms with Crippen molar-refractivity contribution in [2.75, 3.05) is 0 Å². The van der Waals surface area contributed by atoms with Crippen molar-refractivity contribution in [3.63, 3.8) is 0 Å². The van der Waals surface area contributed by atoms with E-state index in [-0.39, 0.29) is 0 Å². The van der Waals surface area contributed by atoms with E-state index >= 15 is 0 Å². The second-order valence-electron chi connectivity index (χ2n) is 4.88. The molecule has 0 saturated heterocycles. The third-order valence-corrected chi connectivity index (χ3v) is 3.19. The van der Waals surface area contributed by atoms with Gasteiger partial charge in [-0.1, -0.05) is 12.0 Å². The van der Waals surface area contributed by atoms with Crippen molar-refractivity contribution in [1.82, 2.24) is 0 Å². The zero-order valence-electron chi connectivity index (χ0n) is 10.7. The summed E-state index contributed by atoms with van der Waals surface area (Å²) >= 11 is 0. The zero-order chi connectivity index (χ0) is 12.7. The van der Waals surface area contributed by atoms with E-state index < -0.39 is 13.9 Å². The Kier molecular flexibility index (Phi) is 6.19. The normalized spacial score (nSPS) is 14.6. The first-order valence-corrected chi connectivity index (χ1v) is 9.02. The molecule has 0 fully saturated rings. The van der Waals surface area contributed by atoms with E-state index in [2.05, 4.69) is 38.1 Å². The lowest BCUT2D eigenvalue weighted by atomic mass is 9.93. The monoisotopic (exact) mass is 234 g/mol. The molecule has 1 nitrogen and oxygen atoms in total. The number of hydrogen-bond donors (Lipinski definition) is 0. The molecule has 0 N–H and O–H groups in total. The van der Waals surface area contributed by atoms with E-state index in [0.29, 0.717) is 6.42 Å². The van der Waals surface area contributed by atoms with Crippen LogP contribution in [0.5, 0.6) is 0 Å². The summed E-state index contributed by atoms with van der Waals surface area (Å²) in [4.78, 5) is 0. The minimum Gasteiger partial charge on any atom is -0.401 e. The SMILES string of the molecule is C#CCCC(C#C)(CCC=C)O[Si](C)(C)C. The topological polar surface area (TPSA) is 9.23 Å². The Balaban J connectivity index is 4.75. The first-order chi connectivity index (χ1) is 7.39. The van der Waals surface area contributed by atoms with Gasteiger partial charge in [0, 0.05) is 6.42 Å². The summed E-state index contributed by atoms with van der Waals surface area (Å²) in [6.07, 6.45) is 15.9. The van der Waals surface area contributed by atoms with Crippen LogP contribution in [0.2, 0.25) is 19.6 Å². The van der Waals surface area contributed by atoms with Gasteiger partial charge in [0.1, 0.15) is 5.60 Å². The summed E-state index contributed by atoms with van der Waals surface area (Å²) in [5, 5.41) is 0. The Morgan fingerprint density at radius 3 is 2.31 bits per heavy atom. The van der Waals surface area contributed by atoms with Crippen molar-refractivity contribution in [1.29, 1.82) is 0 Å². The Bertz CT molecular complexity index is 300. The molecule has 88 valence electrons. The minimum atomic E-state index is -1.66. The van der Waals surface area contributed by atoms with Crippen molar-refractivity contribution in [3.05, 3.63) is 12.7 Å². The molecule has 0 bridgehead atoms. The number of rotatable bonds is 7. The Morgan fingerprint density at radius 2 is 1.94 bits per heavy atom. The average molecular weight is 234 g/mol. The highest BCUT2D eigenvalue weighted by molar-refractivity contribution is 6.69. The van der Waals surface area contributed by atoms with Gasteiger partial charge >= 0.3 is 0 Å². The minimum absolute atomic E-state index is 0.495. The molecule has 0 heterocycles. The van der Waals surface area contributed by atoms with E-state index in [1.165, 1.54) is 0 Å². The standard InChI is InChI=1S/C14H22OSi/c1-7-10-12-14(9-3,13-11-8-2)15-16(4,5)6/h1,3,8H,2,10-13H2,4-6H3. The predicted octanol–water partition coefficient (Wildman–Crippen LogP) is 3.59. The van der Waals surface area contributed by atoms with Gasteiger partial charge in [0.15, 0.2) is 8.32 Å². The van der Waals surface area contributed by atoms with Crippen LogP contribution < -0.4 is 0 Å². The summed E-state index contributed by atoms with van der Waals surface area (Å²) in [5.74, 6) is 5.44. The molecular weight excluding hydrogens is 212 g/mol. The molecular formula is C14H22OSi. The summed E-state index contributed by atoms with van der Waals surface area (Å²) in [5.41, 5.74) is -0.495. The molecule has 2 heteroatoms. The number of allylic oxidation sites excluding steroid dienone is 1. The fraction of sp³-hybridized carbons (Fsp3) is 0.571. The van der Waals surface area contributed by atoms with Gasteiger partial charge in [-0.05, 0) is 38.9 Å². The van der Waals surface area contributed by atoms with Crippen LogP contribution in [-0.4, -0.2) is 13.9 Å². The molecule has 0 saturated carbocycles. The van der Waals surface area contributed by atoms with E-state index in [0.717, 1.165) is 19.3 Å². The van der Waals surface area contributed by atoms with Gasteiger partial charge in [-0.3, -0.25) is 0 Å². The second kappa shape index (κ2) is 6.58. The highest BCUT2D eigenvalue weighted by atomic mass is 28.4. The van der Waals surface area contributed by atoms with Crippen molar-refractivity contribution >= 4 is 8.32 Å². The number of hydrogen-bond acceptors (Lipinski definition) is 1. The van der Waals surface area contributed by atoms with Gasteiger partial charge < -0.3 is 4.43 Å². The molecule has 16 heavy (non-hydrogen) atoms. The smallest absolute Gasteiger partial charge is 0.185 e. The summed E-state index contributed by atoms with van der Waals surface area (Å²) in [6, 6.07) is 0. The first-order valence-electron chi connectivity index (χ1n) is 5.61. The molecule has 0 aromatic carbocycles. The van der Waals surface area contributed by atoms with E-state index in [4.69, 9.17) is 17.3 Å². The Hall–Kier alpha value is -0.963. The summed E-state index contributed by atoms with van der Waals surface area (Å²) in [6.45, 7) is 10.1. The van der Waals surface area contributed by atoms with Crippen molar-refractivity contribution in [2.45, 2.75) is 50.9 Å². The van der Waals surface area contributed by atoms with Crippen LogP contribution in [0.4, 0.5) is 0 Å². The van der Waals surface area contributed by atoms with Crippen LogP contribution in [-0.2, 0) is 4.43 Å². The second-order valence-corrected chi connectivity index (χ2v) is 9.31. The molecule has 0 aliphatic rings. The quantitative estimate of drug-likeness (QED) is 0.371. The van der Waals surface area contributed by atoms with Crippen molar-refractivity contribution in [3.8, 4) is 24.7 Å². The zero-order valence-corrected chi connectivity index (χ0v) is 11.7. The highest BCUT2D eigenvalue weighted by Crippen LogP contribution is 2.27. The lowest BCUT2D eigenvalue weighted by Gasteiger charge is -2.35. The van der Waals surface area contributed by atoms with Crippen LogP contribution in [0.1, 0.15) is 25.7 Å². The highest BCUT2D eigenvalue weighted by Gasteiger charge is 2.33. The lowest BCUT2D eigenvalue weighted by Crippen LogP contribution is -2.41. The number of terminal acetylenes is 2. The Labute approximate surface area is 101 Å². The van der Waals surface area contributed by atoms with Gasteiger partial charge in [-0.15, -0.1) is 25.3 Å². The fourth-order valence-electron chi connectivity index (χ4n) is 1.60. The lowest BCUT2D eigenvalue weighted by molar-refractivity contribution is 0.105. The van der Waals surface area contributed by atoms with Crippen LogP contribution in [0.15, 0.2) is 12.7 Å². The maximum absolute atomic E-state index is 6.14. The summed E-state index contributed by atoms with van der Waals surface area (Å²) in [7, 11) is -1.66. The molecule has 0 amide bonds. The van der Waals surface area contributed by atoms with Crippen LogP contribution in [0.25, 0.3) is 0 Å². The molecule has 0 aliphatic heterocycles. The molecule has 1 unspecified atom stereocenters. The van der Waals surface area contributed by atoms with Crippen LogP contribution >= 0.6 is 0 Å². The Morgan fingerprint density at radius 1 is 1.31 bits per heavy atom. The molecule has 0 radical (unpaired) electrons. The maximum Gasteiger partial charge on any atom is 0.185 e. The molecule has 1 atom stereocenters. The molecule has 0 aliphatic carbocycles. The largest absolute Gasteiger partial charge is 0.401 e. The van der Waals surface area contributed by atoms with Gasteiger partial charge in [-0.2, -0.15) is 0 Å². The summed E-state index contributed by atoms with van der Waals surface area (Å²) < 4.78 is 6.14. The van der Waals surface area contributed by atoms with Crippen LogP contribution in [0, 0.1) is 24.7 Å². The molecule has 0 spiro atoms. The van der Waals surface area contributed by atoms with Crippen molar-refractivity contribution in [2.24, 2.45) is 0 Å². The van der Waals surface area contributed by atoms with Gasteiger partial charge in [0.05, 0.1) is 0 Å². The van der Waals surface area contributed by atoms with Crippen LogP contribution in [0.3, 0.4) is 0 Å². The molecule has 0 aromatic heterocycles. The van der Waals surface area contributed by atoms with Gasteiger partial charge in [-0.25, -0.2) is 0 Å². The fourth-order valence-corrected chi connectivity index (χ4v) is 3.03. The van der Waals surface area contributed by atoms with E-state index in [9.17, 15) is 0 Å².